The Bertz CT molecular complexity index is 405. The summed E-state index contributed by atoms with van der Waals surface area (Å²) >= 11 is 24.3. The molecule has 0 saturated carbocycles. The first-order valence-corrected chi connectivity index (χ1v) is 18.6. The van der Waals surface area contributed by atoms with Crippen molar-refractivity contribution in [3.05, 3.63) is 37.9 Å². The van der Waals surface area contributed by atoms with E-state index in [9.17, 15) is 10.1 Å². The Morgan fingerprint density at radius 3 is 2.12 bits per heavy atom. The van der Waals surface area contributed by atoms with Crippen molar-refractivity contribution in [1.29, 1.82) is 0 Å². The first kappa shape index (κ1) is 19.3. The second-order valence-electron chi connectivity index (χ2n) is 2.44. The normalized spacial score (nSPS) is 9.82. The fourth-order valence-electron chi connectivity index (χ4n) is 0.881. The molecule has 0 aliphatic carbocycles. The summed E-state index contributed by atoms with van der Waals surface area (Å²) < 4.78 is 0. The second-order valence-corrected chi connectivity index (χ2v) is 38.9. The Hall–Kier alpha value is 2.26. The summed E-state index contributed by atoms with van der Waals surface area (Å²) in [6, 6.07) is 2.66. The van der Waals surface area contributed by atoms with Crippen molar-refractivity contribution in [2.75, 3.05) is 0 Å². The maximum absolute atomic E-state index is 10.5. The molecule has 0 N–H and O–H groups in total. The summed E-state index contributed by atoms with van der Waals surface area (Å²) in [5.74, 6) is -0.0320. The van der Waals surface area contributed by atoms with E-state index in [1.807, 2.05) is 0 Å². The van der Waals surface area contributed by atoms with Gasteiger partial charge in [-0.05, 0) is 6.07 Å². The molecule has 3 nitrogen and oxygen atoms in total. The summed E-state index contributed by atoms with van der Waals surface area (Å²) in [4.78, 5) is 9.67. The van der Waals surface area contributed by atoms with Gasteiger partial charge in [-0.15, -0.1) is 11.6 Å². The Balaban J connectivity index is 0.000000557. The van der Waals surface area contributed by atoms with Gasteiger partial charge < -0.3 is 0 Å². The quantitative estimate of drug-likeness (QED) is 0.161. The van der Waals surface area contributed by atoms with Crippen LogP contribution in [0.5, 0.6) is 0 Å². The van der Waals surface area contributed by atoms with E-state index in [0.29, 0.717) is 0 Å². The minimum atomic E-state index is -0.542. The van der Waals surface area contributed by atoms with E-state index in [4.69, 9.17) is 34.8 Å². The summed E-state index contributed by atoms with van der Waals surface area (Å²) in [5, 5.41) is 10.9. The number of nitro groups is 1. The van der Waals surface area contributed by atoms with Crippen LogP contribution < -0.4 is 0 Å². The molecule has 0 amide bonds. The molecule has 10 heteroatoms. The van der Waals surface area contributed by atoms with Crippen LogP contribution in [0.1, 0.15) is 5.56 Å². The molecular weight excluding hydrogens is 668 g/mol. The third kappa shape index (κ3) is 7.57. The molecule has 1 rings (SSSR count). The second kappa shape index (κ2) is 10.1. The standard InChI is InChI=1S/C7H4Cl3NO2.3HI.V/c8-3-4-6(11(12)13)2-1-5(9)7(4)10;;;;/h1-2H,3H2;3*1H;/q;;;;+3/p-3. The molecule has 0 heterocycles. The van der Waals surface area contributed by atoms with E-state index < -0.39 is 4.92 Å². The van der Waals surface area contributed by atoms with Crippen molar-refractivity contribution < 1.29 is 9.84 Å². The zero-order valence-electron chi connectivity index (χ0n) is 7.84. The summed E-state index contributed by atoms with van der Waals surface area (Å²) in [5.41, 5.74) is 0.144. The predicted octanol–water partition coefficient (Wildman–Crippen LogP) is 6.30. The zero-order valence-corrected chi connectivity index (χ0v) is 18.0. The van der Waals surface area contributed by atoms with Crippen molar-refractivity contribution in [2.45, 2.75) is 5.88 Å². The number of alkyl halides is 1. The molecule has 96 valence electrons. The predicted molar refractivity (Wildman–Crippen MR) is 94.7 cm³/mol. The molecule has 0 radical (unpaired) electrons. The van der Waals surface area contributed by atoms with E-state index in [-0.39, 0.29) is 32.1 Å². The van der Waals surface area contributed by atoms with E-state index in [0.717, 1.165) is 0 Å². The van der Waals surface area contributed by atoms with Crippen LogP contribution in [0.15, 0.2) is 12.1 Å². The van der Waals surface area contributed by atoms with Gasteiger partial charge in [0.25, 0.3) is 5.69 Å². The van der Waals surface area contributed by atoms with Crippen molar-refractivity contribution in [2.24, 2.45) is 0 Å². The number of benzene rings is 1. The van der Waals surface area contributed by atoms with Crippen LogP contribution in [0.2, 0.25) is 10.0 Å². The number of hydrogen-bond donors (Lipinski definition) is 0. The zero-order chi connectivity index (χ0) is 13.6. The molecule has 0 bridgehead atoms. The molecule has 0 aliphatic heterocycles. The average Bonchev–Trinajstić information content (AvgIpc) is 2.20. The van der Waals surface area contributed by atoms with Crippen molar-refractivity contribution in [3.8, 4) is 0 Å². The van der Waals surface area contributed by atoms with Crippen LogP contribution in [0.4, 0.5) is 5.69 Å². The molecule has 0 aliphatic rings. The number of nitrogens with zero attached hydrogens (tertiary/aromatic N) is 1. The van der Waals surface area contributed by atoms with E-state index in [1.54, 1.807) is 0 Å². The molecule has 0 fully saturated rings. The van der Waals surface area contributed by atoms with Crippen LogP contribution in [0.25, 0.3) is 0 Å². The van der Waals surface area contributed by atoms with Crippen molar-refractivity contribution in [1.82, 2.24) is 0 Å². The van der Waals surface area contributed by atoms with Gasteiger partial charge in [-0.1, -0.05) is 23.2 Å². The third-order valence-electron chi connectivity index (χ3n) is 1.50. The van der Waals surface area contributed by atoms with E-state index >= 15 is 0 Å². The fourth-order valence-corrected chi connectivity index (χ4v) is 1.62. The summed E-state index contributed by atoms with van der Waals surface area (Å²) in [6.07, 6.45) is 0. The average molecular weight is 672 g/mol. The first-order chi connectivity index (χ1) is 7.81. The molecular formula is C7H4Cl3I3NO2V. The molecule has 0 spiro atoms. The van der Waals surface area contributed by atoms with Crippen LogP contribution in [0, 0.1) is 10.1 Å². The number of rotatable bonds is 2. The van der Waals surface area contributed by atoms with E-state index in [1.165, 1.54) is 12.1 Å². The number of halogens is 6. The Morgan fingerprint density at radius 1 is 1.29 bits per heavy atom. The molecule has 0 atom stereocenters. The van der Waals surface area contributed by atoms with Gasteiger partial charge in [0.2, 0.25) is 0 Å². The molecule has 1 aromatic rings. The first-order valence-electron chi connectivity index (χ1n) is 3.76. The topological polar surface area (TPSA) is 43.1 Å². The summed E-state index contributed by atoms with van der Waals surface area (Å²) in [7, 11) is 0. The maximum atomic E-state index is 10.5. The van der Waals surface area contributed by atoms with Gasteiger partial charge in [-0.3, -0.25) is 10.1 Å². The molecule has 0 saturated heterocycles. The van der Waals surface area contributed by atoms with Gasteiger partial charge in [-0.2, -0.15) is 0 Å². The van der Waals surface area contributed by atoms with Crippen LogP contribution in [0.3, 0.4) is 0 Å². The van der Waals surface area contributed by atoms with Gasteiger partial charge in [0.15, 0.2) is 0 Å². The van der Waals surface area contributed by atoms with E-state index in [2.05, 4.69) is 59.9 Å². The van der Waals surface area contributed by atoms with Crippen molar-refractivity contribution >= 4 is 100 Å². The number of hydrogen-bond acceptors (Lipinski definition) is 2. The van der Waals surface area contributed by atoms with Crippen LogP contribution >= 0.6 is 94.7 Å². The molecule has 0 unspecified atom stereocenters. The van der Waals surface area contributed by atoms with Gasteiger partial charge in [0.1, 0.15) is 0 Å². The monoisotopic (exact) mass is 671 g/mol. The van der Waals surface area contributed by atoms with Gasteiger partial charge in [0.05, 0.1) is 26.4 Å². The molecule has 0 aromatic heterocycles. The van der Waals surface area contributed by atoms with Gasteiger partial charge in [-0.25, -0.2) is 0 Å². The van der Waals surface area contributed by atoms with Crippen molar-refractivity contribution in [3.63, 3.8) is 0 Å². The van der Waals surface area contributed by atoms with Crippen LogP contribution in [-0.4, -0.2) is 4.92 Å². The molecule has 1 aromatic carbocycles. The van der Waals surface area contributed by atoms with Gasteiger partial charge >= 0.3 is 64.9 Å². The summed E-state index contributed by atoms with van der Waals surface area (Å²) in [6.45, 7) is 0. The third-order valence-corrected chi connectivity index (χ3v) is 2.61. The Morgan fingerprint density at radius 2 is 1.76 bits per heavy atom. The molecule has 17 heavy (non-hydrogen) atoms. The fraction of sp³-hybridized carbons (Fsp3) is 0.143. The minimum absolute atomic E-state index is 0.0320. The Kier molecular flexibility index (Phi) is 11.4. The number of nitro benzene ring substituents is 1. The van der Waals surface area contributed by atoms with Crippen LogP contribution in [-0.2, 0) is 10.8 Å². The SMILES string of the molecule is O=[N+]([O-])c1ccc(Cl)c(Cl)c1CCl.[I][V]([I])[I]. The Labute approximate surface area is 151 Å². The van der Waals surface area contributed by atoms with Gasteiger partial charge in [0, 0.05) is 6.07 Å².